The van der Waals surface area contributed by atoms with Crippen LogP contribution in [0.5, 0.6) is 11.5 Å². The van der Waals surface area contributed by atoms with Crippen molar-refractivity contribution >= 4 is 12.3 Å². The van der Waals surface area contributed by atoms with Gasteiger partial charge in [-0.1, -0.05) is 0 Å². The molecule has 5 nitrogen and oxygen atoms in total. The van der Waals surface area contributed by atoms with Gasteiger partial charge in [0.15, 0.2) is 11.5 Å². The second-order valence-corrected chi connectivity index (χ2v) is 3.27. The van der Waals surface area contributed by atoms with E-state index in [0.717, 1.165) is 6.29 Å². The molecule has 2 rings (SSSR count). The Morgan fingerprint density at radius 3 is 2.88 bits per heavy atom. The summed E-state index contributed by atoms with van der Waals surface area (Å²) in [7, 11) is 1.30. The average molecular weight is 222 g/mol. The molecule has 0 amide bonds. The second-order valence-electron chi connectivity index (χ2n) is 3.27. The number of benzene rings is 1. The van der Waals surface area contributed by atoms with Crippen LogP contribution in [0.4, 0.5) is 0 Å². The van der Waals surface area contributed by atoms with E-state index >= 15 is 0 Å². The summed E-state index contributed by atoms with van der Waals surface area (Å²) < 4.78 is 15.2. The minimum absolute atomic E-state index is 0.0155. The Labute approximate surface area is 91.9 Å². The zero-order valence-electron chi connectivity index (χ0n) is 8.64. The van der Waals surface area contributed by atoms with Gasteiger partial charge in [-0.2, -0.15) is 0 Å². The number of carbonyl (C=O) groups is 2. The molecule has 1 aliphatic heterocycles. The summed E-state index contributed by atoms with van der Waals surface area (Å²) in [5, 5.41) is 0. The van der Waals surface area contributed by atoms with Gasteiger partial charge < -0.3 is 14.2 Å². The molecule has 1 aromatic rings. The number of hydrogen-bond acceptors (Lipinski definition) is 5. The lowest BCUT2D eigenvalue weighted by Gasteiger charge is -2.07. The van der Waals surface area contributed by atoms with Crippen molar-refractivity contribution in [1.82, 2.24) is 0 Å². The lowest BCUT2D eigenvalue weighted by molar-refractivity contribution is -0.145. The molecular weight excluding hydrogens is 212 g/mol. The lowest BCUT2D eigenvalue weighted by Crippen LogP contribution is -2.22. The molecule has 0 N–H and O–H groups in total. The number of aldehydes is 1. The molecule has 0 aromatic heterocycles. The molecule has 1 aromatic carbocycles. The third-order valence-electron chi connectivity index (χ3n) is 2.18. The molecule has 0 aliphatic carbocycles. The SMILES string of the molecule is COC(=O)CC1Oc2ccc(C=O)cc2O1. The third kappa shape index (κ3) is 1.98. The first kappa shape index (κ1) is 10.5. The first-order chi connectivity index (χ1) is 7.72. The van der Waals surface area contributed by atoms with Crippen LogP contribution in [-0.2, 0) is 9.53 Å². The molecule has 0 saturated carbocycles. The van der Waals surface area contributed by atoms with E-state index in [2.05, 4.69) is 4.74 Å². The quantitative estimate of drug-likeness (QED) is 0.567. The van der Waals surface area contributed by atoms with Crippen LogP contribution in [0.1, 0.15) is 16.8 Å². The van der Waals surface area contributed by atoms with Gasteiger partial charge in [-0.15, -0.1) is 0 Å². The Hall–Kier alpha value is -2.04. The van der Waals surface area contributed by atoms with Gasteiger partial charge in [0.1, 0.15) is 12.7 Å². The molecule has 0 radical (unpaired) electrons. The fourth-order valence-corrected chi connectivity index (χ4v) is 1.40. The van der Waals surface area contributed by atoms with Crippen molar-refractivity contribution in [3.63, 3.8) is 0 Å². The average Bonchev–Trinajstić information content (AvgIpc) is 2.69. The maximum absolute atomic E-state index is 11.0. The predicted molar refractivity (Wildman–Crippen MR) is 53.5 cm³/mol. The molecule has 84 valence electrons. The molecule has 16 heavy (non-hydrogen) atoms. The fourth-order valence-electron chi connectivity index (χ4n) is 1.40. The van der Waals surface area contributed by atoms with E-state index in [1.54, 1.807) is 18.2 Å². The maximum Gasteiger partial charge on any atom is 0.313 e. The Morgan fingerprint density at radius 1 is 1.44 bits per heavy atom. The number of fused-ring (bicyclic) bond motifs is 1. The number of rotatable bonds is 3. The van der Waals surface area contributed by atoms with Crippen LogP contribution in [-0.4, -0.2) is 25.7 Å². The van der Waals surface area contributed by atoms with Crippen LogP contribution < -0.4 is 9.47 Å². The molecule has 1 heterocycles. The Bertz CT molecular complexity index is 426. The van der Waals surface area contributed by atoms with E-state index in [-0.39, 0.29) is 6.42 Å². The largest absolute Gasteiger partial charge is 0.469 e. The lowest BCUT2D eigenvalue weighted by atomic mass is 10.2. The van der Waals surface area contributed by atoms with Crippen LogP contribution in [0.2, 0.25) is 0 Å². The van der Waals surface area contributed by atoms with E-state index in [4.69, 9.17) is 9.47 Å². The highest BCUT2D eigenvalue weighted by atomic mass is 16.7. The minimum Gasteiger partial charge on any atom is -0.469 e. The molecule has 1 atom stereocenters. The fraction of sp³-hybridized carbons (Fsp3) is 0.273. The van der Waals surface area contributed by atoms with Crippen LogP contribution in [0.25, 0.3) is 0 Å². The van der Waals surface area contributed by atoms with Gasteiger partial charge in [0.2, 0.25) is 0 Å². The van der Waals surface area contributed by atoms with Crippen molar-refractivity contribution in [3.05, 3.63) is 23.8 Å². The first-order valence-electron chi connectivity index (χ1n) is 4.72. The van der Waals surface area contributed by atoms with Crippen molar-refractivity contribution in [2.45, 2.75) is 12.7 Å². The third-order valence-corrected chi connectivity index (χ3v) is 2.18. The smallest absolute Gasteiger partial charge is 0.313 e. The van der Waals surface area contributed by atoms with E-state index in [9.17, 15) is 9.59 Å². The van der Waals surface area contributed by atoms with Crippen molar-refractivity contribution in [3.8, 4) is 11.5 Å². The molecular formula is C11H10O5. The van der Waals surface area contributed by atoms with Crippen molar-refractivity contribution in [2.24, 2.45) is 0 Å². The van der Waals surface area contributed by atoms with E-state index in [1.807, 2.05) is 0 Å². The molecule has 0 fully saturated rings. The van der Waals surface area contributed by atoms with Gasteiger partial charge in [-0.3, -0.25) is 9.59 Å². The van der Waals surface area contributed by atoms with Crippen LogP contribution >= 0.6 is 0 Å². The summed E-state index contributed by atoms with van der Waals surface area (Å²) in [5.41, 5.74) is 0.501. The number of hydrogen-bond donors (Lipinski definition) is 0. The summed E-state index contributed by atoms with van der Waals surface area (Å²) in [6, 6.07) is 4.83. The minimum atomic E-state index is -0.677. The van der Waals surface area contributed by atoms with Crippen molar-refractivity contribution in [1.29, 1.82) is 0 Å². The maximum atomic E-state index is 11.0. The zero-order valence-corrected chi connectivity index (χ0v) is 8.64. The van der Waals surface area contributed by atoms with Crippen LogP contribution in [0.3, 0.4) is 0 Å². The highest BCUT2D eigenvalue weighted by Crippen LogP contribution is 2.35. The highest BCUT2D eigenvalue weighted by molar-refractivity contribution is 5.76. The Morgan fingerprint density at radius 2 is 2.19 bits per heavy atom. The molecule has 0 spiro atoms. The van der Waals surface area contributed by atoms with Crippen LogP contribution in [0.15, 0.2) is 18.2 Å². The first-order valence-corrected chi connectivity index (χ1v) is 4.72. The van der Waals surface area contributed by atoms with Gasteiger partial charge in [-0.05, 0) is 18.2 Å². The zero-order chi connectivity index (χ0) is 11.5. The van der Waals surface area contributed by atoms with E-state index < -0.39 is 12.3 Å². The monoisotopic (exact) mass is 222 g/mol. The molecule has 1 unspecified atom stereocenters. The molecule has 5 heteroatoms. The number of esters is 1. The molecule has 1 aliphatic rings. The normalized spacial score (nSPS) is 16.9. The number of carbonyl (C=O) groups excluding carboxylic acids is 2. The standard InChI is InChI=1S/C11H10O5/c1-14-10(13)5-11-15-8-3-2-7(6-12)4-9(8)16-11/h2-4,6,11H,5H2,1H3. The predicted octanol–water partition coefficient (Wildman–Crippen LogP) is 1.16. The summed E-state index contributed by atoms with van der Waals surface area (Å²) in [5.74, 6) is 0.589. The summed E-state index contributed by atoms with van der Waals surface area (Å²) in [6.45, 7) is 0. The van der Waals surface area contributed by atoms with E-state index in [1.165, 1.54) is 7.11 Å². The van der Waals surface area contributed by atoms with Gasteiger partial charge in [0.25, 0.3) is 6.29 Å². The van der Waals surface area contributed by atoms with Gasteiger partial charge in [0, 0.05) is 5.56 Å². The van der Waals surface area contributed by atoms with E-state index in [0.29, 0.717) is 17.1 Å². The Kier molecular flexibility index (Phi) is 2.76. The highest BCUT2D eigenvalue weighted by Gasteiger charge is 2.26. The van der Waals surface area contributed by atoms with Gasteiger partial charge in [-0.25, -0.2) is 0 Å². The molecule has 0 saturated heterocycles. The van der Waals surface area contributed by atoms with Crippen molar-refractivity contribution in [2.75, 3.05) is 7.11 Å². The molecule has 0 bridgehead atoms. The summed E-state index contributed by atoms with van der Waals surface area (Å²) in [4.78, 5) is 21.5. The summed E-state index contributed by atoms with van der Waals surface area (Å²) >= 11 is 0. The van der Waals surface area contributed by atoms with Gasteiger partial charge in [0.05, 0.1) is 7.11 Å². The second kappa shape index (κ2) is 4.22. The Balaban J connectivity index is 2.09. The number of ether oxygens (including phenoxy) is 3. The van der Waals surface area contributed by atoms with Crippen LogP contribution in [0, 0.1) is 0 Å². The van der Waals surface area contributed by atoms with Crippen molar-refractivity contribution < 1.29 is 23.8 Å². The number of methoxy groups -OCH3 is 1. The summed E-state index contributed by atoms with van der Waals surface area (Å²) in [6.07, 6.45) is 0.0585. The topological polar surface area (TPSA) is 61.8 Å². The van der Waals surface area contributed by atoms with Gasteiger partial charge >= 0.3 is 5.97 Å².